The van der Waals surface area contributed by atoms with Crippen LogP contribution in [0.4, 0.5) is 9.18 Å². The van der Waals surface area contributed by atoms with E-state index in [1.807, 2.05) is 26.8 Å². The summed E-state index contributed by atoms with van der Waals surface area (Å²) >= 11 is 0. The SMILES string of the molecule is CC(C)(C)OC(=O)N1CCc2[nH]c3c(F)cccc3c2C1. The number of nitrogens with zero attached hydrogens (tertiary/aromatic N) is 1. The lowest BCUT2D eigenvalue weighted by molar-refractivity contribution is 0.0224. The first-order chi connectivity index (χ1) is 9.85. The zero-order valence-corrected chi connectivity index (χ0v) is 12.5. The Hall–Kier alpha value is -2.04. The van der Waals surface area contributed by atoms with E-state index < -0.39 is 5.60 Å². The lowest BCUT2D eigenvalue weighted by Crippen LogP contribution is -2.39. The Bertz CT molecular complexity index is 700. The zero-order chi connectivity index (χ0) is 15.2. The van der Waals surface area contributed by atoms with Crippen LogP contribution in [0.5, 0.6) is 0 Å². The van der Waals surface area contributed by atoms with Gasteiger partial charge in [0, 0.05) is 29.6 Å². The van der Waals surface area contributed by atoms with Gasteiger partial charge in [-0.2, -0.15) is 0 Å². The molecule has 0 saturated heterocycles. The Morgan fingerprint density at radius 3 is 2.86 bits per heavy atom. The summed E-state index contributed by atoms with van der Waals surface area (Å²) in [6.07, 6.45) is 0.363. The monoisotopic (exact) mass is 290 g/mol. The molecule has 1 aliphatic heterocycles. The Kier molecular flexibility index (Phi) is 3.15. The van der Waals surface area contributed by atoms with Crippen molar-refractivity contribution in [3.05, 3.63) is 35.3 Å². The topological polar surface area (TPSA) is 45.3 Å². The fourth-order valence-corrected chi connectivity index (χ4v) is 2.68. The predicted molar refractivity (Wildman–Crippen MR) is 78.6 cm³/mol. The number of halogens is 1. The number of amides is 1. The van der Waals surface area contributed by atoms with Gasteiger partial charge >= 0.3 is 6.09 Å². The van der Waals surface area contributed by atoms with Crippen LogP contribution >= 0.6 is 0 Å². The average molecular weight is 290 g/mol. The minimum atomic E-state index is -0.510. The molecule has 2 aromatic rings. The molecular weight excluding hydrogens is 271 g/mol. The normalized spacial score (nSPS) is 15.1. The van der Waals surface area contributed by atoms with Crippen molar-refractivity contribution in [1.82, 2.24) is 9.88 Å². The van der Waals surface area contributed by atoms with Gasteiger partial charge in [0.2, 0.25) is 0 Å². The number of H-pyrrole nitrogens is 1. The van der Waals surface area contributed by atoms with Gasteiger partial charge in [-0.3, -0.25) is 0 Å². The Balaban J connectivity index is 1.90. The fraction of sp³-hybridized carbons (Fsp3) is 0.438. The summed E-state index contributed by atoms with van der Waals surface area (Å²) in [5, 5.41) is 0.846. The first-order valence-corrected chi connectivity index (χ1v) is 7.11. The van der Waals surface area contributed by atoms with Gasteiger partial charge in [-0.15, -0.1) is 0 Å². The second-order valence-corrected chi connectivity index (χ2v) is 6.40. The molecule has 4 nitrogen and oxygen atoms in total. The van der Waals surface area contributed by atoms with Crippen molar-refractivity contribution < 1.29 is 13.9 Å². The number of rotatable bonds is 0. The quantitative estimate of drug-likeness (QED) is 0.805. The van der Waals surface area contributed by atoms with Crippen LogP contribution in [0, 0.1) is 5.82 Å². The van der Waals surface area contributed by atoms with Gasteiger partial charge in [0.15, 0.2) is 0 Å². The molecule has 3 rings (SSSR count). The lowest BCUT2D eigenvalue weighted by atomic mass is 10.0. The van der Waals surface area contributed by atoms with Crippen LogP contribution in [0.25, 0.3) is 10.9 Å². The van der Waals surface area contributed by atoms with Crippen molar-refractivity contribution in [2.75, 3.05) is 6.54 Å². The van der Waals surface area contributed by atoms with Crippen molar-refractivity contribution in [3.8, 4) is 0 Å². The fourth-order valence-electron chi connectivity index (χ4n) is 2.68. The summed E-state index contributed by atoms with van der Waals surface area (Å²) in [5.41, 5.74) is 2.01. The molecule has 1 aromatic carbocycles. The van der Waals surface area contributed by atoms with E-state index in [9.17, 15) is 9.18 Å². The maximum atomic E-state index is 13.8. The van der Waals surface area contributed by atoms with Crippen LogP contribution in [-0.2, 0) is 17.7 Å². The number of benzene rings is 1. The van der Waals surface area contributed by atoms with Crippen LogP contribution in [0.15, 0.2) is 18.2 Å². The summed E-state index contributed by atoms with van der Waals surface area (Å²) in [5.74, 6) is -0.259. The maximum absolute atomic E-state index is 13.8. The van der Waals surface area contributed by atoms with E-state index in [-0.39, 0.29) is 11.9 Å². The van der Waals surface area contributed by atoms with Crippen molar-refractivity contribution >= 4 is 17.0 Å². The highest BCUT2D eigenvalue weighted by molar-refractivity contribution is 5.86. The third kappa shape index (κ3) is 2.60. The van der Waals surface area contributed by atoms with Gasteiger partial charge in [0.05, 0.1) is 12.1 Å². The van der Waals surface area contributed by atoms with Gasteiger partial charge in [0.25, 0.3) is 0 Å². The first kappa shape index (κ1) is 13.9. The standard InChI is InChI=1S/C16H19FN2O2/c1-16(2,3)21-15(20)19-8-7-13-11(9-19)10-5-4-6-12(17)14(10)18-13/h4-6,18H,7-9H2,1-3H3. The molecule has 0 aliphatic carbocycles. The third-order valence-corrected chi connectivity index (χ3v) is 3.61. The van der Waals surface area contributed by atoms with Crippen LogP contribution < -0.4 is 0 Å². The van der Waals surface area contributed by atoms with Gasteiger partial charge < -0.3 is 14.6 Å². The second kappa shape index (κ2) is 4.76. The van der Waals surface area contributed by atoms with E-state index in [1.54, 1.807) is 11.0 Å². The summed E-state index contributed by atoms with van der Waals surface area (Å²) in [7, 11) is 0. The predicted octanol–water partition coefficient (Wildman–Crippen LogP) is 3.60. The molecule has 0 spiro atoms. The van der Waals surface area contributed by atoms with Crippen LogP contribution in [0.1, 0.15) is 32.0 Å². The minimum Gasteiger partial charge on any atom is -0.444 e. The van der Waals surface area contributed by atoms with Gasteiger partial charge in [-0.05, 0) is 26.8 Å². The number of hydrogen-bond donors (Lipinski definition) is 1. The van der Waals surface area contributed by atoms with Crippen LogP contribution in [0.2, 0.25) is 0 Å². The van der Waals surface area contributed by atoms with Gasteiger partial charge in [0.1, 0.15) is 11.4 Å². The van der Waals surface area contributed by atoms with E-state index in [0.29, 0.717) is 25.0 Å². The number of aromatic nitrogens is 1. The molecule has 0 atom stereocenters. The molecule has 0 saturated carbocycles. The number of ether oxygens (including phenoxy) is 1. The third-order valence-electron chi connectivity index (χ3n) is 3.61. The zero-order valence-electron chi connectivity index (χ0n) is 12.5. The molecule has 0 unspecified atom stereocenters. The summed E-state index contributed by atoms with van der Waals surface area (Å²) in [6, 6.07) is 5.01. The molecule has 1 aromatic heterocycles. The molecule has 0 fully saturated rings. The maximum Gasteiger partial charge on any atom is 0.410 e. The van der Waals surface area contributed by atoms with E-state index in [0.717, 1.165) is 16.6 Å². The number of para-hydroxylation sites is 1. The highest BCUT2D eigenvalue weighted by Crippen LogP contribution is 2.29. The van der Waals surface area contributed by atoms with Gasteiger partial charge in [-0.1, -0.05) is 12.1 Å². The van der Waals surface area contributed by atoms with Crippen molar-refractivity contribution in [3.63, 3.8) is 0 Å². The molecular formula is C16H19FN2O2. The number of fused-ring (bicyclic) bond motifs is 3. The van der Waals surface area contributed by atoms with E-state index in [2.05, 4.69) is 4.98 Å². The molecule has 0 radical (unpaired) electrons. The molecule has 2 heterocycles. The smallest absolute Gasteiger partial charge is 0.410 e. The number of aromatic amines is 1. The molecule has 1 N–H and O–H groups in total. The lowest BCUT2D eigenvalue weighted by Gasteiger charge is -2.30. The number of hydrogen-bond acceptors (Lipinski definition) is 2. The van der Waals surface area contributed by atoms with Crippen molar-refractivity contribution in [1.29, 1.82) is 0 Å². The van der Waals surface area contributed by atoms with Crippen LogP contribution in [-0.4, -0.2) is 28.1 Å². The Labute approximate surface area is 122 Å². The Morgan fingerprint density at radius 1 is 1.38 bits per heavy atom. The molecule has 112 valence electrons. The number of nitrogens with one attached hydrogen (secondary N) is 1. The highest BCUT2D eigenvalue weighted by atomic mass is 19.1. The Morgan fingerprint density at radius 2 is 2.14 bits per heavy atom. The number of carbonyl (C=O) groups excluding carboxylic acids is 1. The summed E-state index contributed by atoms with van der Waals surface area (Å²) < 4.78 is 19.2. The molecule has 5 heteroatoms. The summed E-state index contributed by atoms with van der Waals surface area (Å²) in [4.78, 5) is 17.0. The average Bonchev–Trinajstić information content (AvgIpc) is 2.76. The molecule has 0 bridgehead atoms. The molecule has 1 aliphatic rings. The van der Waals surface area contributed by atoms with E-state index in [4.69, 9.17) is 4.74 Å². The van der Waals surface area contributed by atoms with Gasteiger partial charge in [-0.25, -0.2) is 9.18 Å². The summed E-state index contributed by atoms with van der Waals surface area (Å²) in [6.45, 7) is 6.58. The minimum absolute atomic E-state index is 0.259. The largest absolute Gasteiger partial charge is 0.444 e. The van der Waals surface area contributed by atoms with Crippen LogP contribution in [0.3, 0.4) is 0 Å². The van der Waals surface area contributed by atoms with Crippen molar-refractivity contribution in [2.24, 2.45) is 0 Å². The van der Waals surface area contributed by atoms with Crippen molar-refractivity contribution in [2.45, 2.75) is 39.3 Å². The molecule has 21 heavy (non-hydrogen) atoms. The molecule has 1 amide bonds. The number of carbonyl (C=O) groups is 1. The van der Waals surface area contributed by atoms with E-state index in [1.165, 1.54) is 6.07 Å². The highest BCUT2D eigenvalue weighted by Gasteiger charge is 2.28. The first-order valence-electron chi connectivity index (χ1n) is 7.11. The second-order valence-electron chi connectivity index (χ2n) is 6.40. The van der Waals surface area contributed by atoms with E-state index >= 15 is 0 Å².